The van der Waals surface area contributed by atoms with Gasteiger partial charge in [0.2, 0.25) is 0 Å². The van der Waals surface area contributed by atoms with Crippen molar-refractivity contribution in [2.45, 2.75) is 44.4 Å². The van der Waals surface area contributed by atoms with Crippen LogP contribution in [0.2, 0.25) is 0 Å². The van der Waals surface area contributed by atoms with Gasteiger partial charge in [-0.05, 0) is 68.1 Å². The van der Waals surface area contributed by atoms with Gasteiger partial charge in [-0.1, -0.05) is 12.1 Å². The lowest BCUT2D eigenvalue weighted by Gasteiger charge is -2.34. The van der Waals surface area contributed by atoms with E-state index in [-0.39, 0.29) is 12.1 Å². The molecular weight excluding hydrogens is 404 g/mol. The highest BCUT2D eigenvalue weighted by atomic mass is 16.6. The SMILES string of the molecule is N=Cc1cc(NC2CCCN(Cc3cccc(C(=O)OCC4CCCO4)c3)C2)ccc1N. The van der Waals surface area contributed by atoms with E-state index < -0.39 is 0 Å². The Morgan fingerprint density at radius 3 is 2.97 bits per heavy atom. The van der Waals surface area contributed by atoms with Crippen LogP contribution in [0.3, 0.4) is 0 Å². The topological polar surface area (TPSA) is 101 Å². The minimum absolute atomic E-state index is 0.0380. The van der Waals surface area contributed by atoms with E-state index in [1.807, 2.05) is 36.4 Å². The van der Waals surface area contributed by atoms with Crippen LogP contribution in [-0.4, -0.2) is 55.5 Å². The average Bonchev–Trinajstić information content (AvgIpc) is 3.33. The number of carbonyl (C=O) groups is 1. The van der Waals surface area contributed by atoms with Crippen LogP contribution in [0.25, 0.3) is 0 Å². The summed E-state index contributed by atoms with van der Waals surface area (Å²) in [6.07, 6.45) is 5.51. The summed E-state index contributed by atoms with van der Waals surface area (Å²) in [5.74, 6) is -0.286. The Balaban J connectivity index is 1.32. The van der Waals surface area contributed by atoms with Gasteiger partial charge in [0.15, 0.2) is 0 Å². The number of likely N-dealkylation sites (tertiary alicyclic amines) is 1. The molecule has 4 rings (SSSR count). The normalized spacial score (nSPS) is 21.2. The van der Waals surface area contributed by atoms with Crippen molar-refractivity contribution < 1.29 is 14.3 Å². The number of anilines is 2. The molecule has 2 heterocycles. The van der Waals surface area contributed by atoms with Gasteiger partial charge in [-0.3, -0.25) is 4.90 Å². The second kappa shape index (κ2) is 10.6. The number of benzene rings is 2. The van der Waals surface area contributed by atoms with E-state index in [9.17, 15) is 4.79 Å². The molecule has 0 saturated carbocycles. The Hall–Kier alpha value is -2.90. The zero-order valence-corrected chi connectivity index (χ0v) is 18.4. The molecule has 0 aliphatic carbocycles. The van der Waals surface area contributed by atoms with Gasteiger partial charge in [0, 0.05) is 48.9 Å². The van der Waals surface area contributed by atoms with Gasteiger partial charge in [0.05, 0.1) is 11.7 Å². The van der Waals surface area contributed by atoms with Crippen molar-refractivity contribution in [3.05, 3.63) is 59.2 Å². The van der Waals surface area contributed by atoms with Crippen molar-refractivity contribution >= 4 is 23.6 Å². The quantitative estimate of drug-likeness (QED) is 0.332. The number of nitrogens with two attached hydrogens (primary N) is 1. The van der Waals surface area contributed by atoms with Gasteiger partial charge < -0.3 is 25.9 Å². The minimum Gasteiger partial charge on any atom is -0.459 e. The van der Waals surface area contributed by atoms with Crippen molar-refractivity contribution in [3.8, 4) is 0 Å². The maximum atomic E-state index is 12.5. The van der Waals surface area contributed by atoms with Crippen LogP contribution in [0.1, 0.15) is 47.2 Å². The number of piperidine rings is 1. The zero-order chi connectivity index (χ0) is 22.3. The lowest BCUT2D eigenvalue weighted by molar-refractivity contribution is 0.0161. The van der Waals surface area contributed by atoms with E-state index >= 15 is 0 Å². The van der Waals surface area contributed by atoms with Crippen LogP contribution in [0, 0.1) is 5.41 Å². The summed E-state index contributed by atoms with van der Waals surface area (Å²) >= 11 is 0. The number of nitrogen functional groups attached to an aromatic ring is 1. The number of ether oxygens (including phenoxy) is 2. The standard InChI is InChI=1S/C25H32N4O3/c26-14-20-13-21(8-9-24(20)27)28-22-6-2-10-29(16-22)15-18-4-1-5-19(12-18)25(30)32-17-23-7-3-11-31-23/h1,4-5,8-9,12-14,22-23,26,28H,2-3,6-7,10-11,15-17,27H2. The van der Waals surface area contributed by atoms with Crippen molar-refractivity contribution in [2.75, 3.05) is 37.4 Å². The van der Waals surface area contributed by atoms with E-state index in [0.717, 1.165) is 68.7 Å². The lowest BCUT2D eigenvalue weighted by atomic mass is 10.0. The summed E-state index contributed by atoms with van der Waals surface area (Å²) in [6, 6.07) is 13.8. The van der Waals surface area contributed by atoms with E-state index in [4.69, 9.17) is 20.6 Å². The second-order valence-corrected chi connectivity index (χ2v) is 8.64. The molecule has 2 saturated heterocycles. The Kier molecular flexibility index (Phi) is 7.39. The summed E-state index contributed by atoms with van der Waals surface area (Å²) in [7, 11) is 0. The zero-order valence-electron chi connectivity index (χ0n) is 18.4. The molecule has 2 aliphatic heterocycles. The Morgan fingerprint density at radius 2 is 2.16 bits per heavy atom. The Labute approximate surface area is 189 Å². The molecule has 2 aliphatic rings. The second-order valence-electron chi connectivity index (χ2n) is 8.64. The summed E-state index contributed by atoms with van der Waals surface area (Å²) in [4.78, 5) is 14.9. The maximum Gasteiger partial charge on any atom is 0.338 e. The van der Waals surface area contributed by atoms with E-state index in [1.165, 1.54) is 6.21 Å². The molecule has 0 aromatic heterocycles. The molecule has 2 aromatic carbocycles. The van der Waals surface area contributed by atoms with Gasteiger partial charge in [-0.2, -0.15) is 0 Å². The first-order valence-electron chi connectivity index (χ1n) is 11.4. The third-order valence-corrected chi connectivity index (χ3v) is 6.11. The van der Waals surface area contributed by atoms with Gasteiger partial charge in [-0.15, -0.1) is 0 Å². The monoisotopic (exact) mass is 436 g/mol. The van der Waals surface area contributed by atoms with Gasteiger partial charge in [0.25, 0.3) is 0 Å². The fourth-order valence-corrected chi connectivity index (χ4v) is 4.42. The van der Waals surface area contributed by atoms with Crippen LogP contribution < -0.4 is 11.1 Å². The fourth-order valence-electron chi connectivity index (χ4n) is 4.42. The molecule has 2 atom stereocenters. The predicted molar refractivity (Wildman–Crippen MR) is 126 cm³/mol. The number of nitrogens with zero attached hydrogens (tertiary/aromatic N) is 1. The summed E-state index contributed by atoms with van der Waals surface area (Å²) in [5.41, 5.74) is 9.93. The van der Waals surface area contributed by atoms with Crippen LogP contribution in [0.5, 0.6) is 0 Å². The highest BCUT2D eigenvalue weighted by Gasteiger charge is 2.21. The van der Waals surface area contributed by atoms with Crippen LogP contribution in [-0.2, 0) is 16.0 Å². The molecule has 4 N–H and O–H groups in total. The summed E-state index contributed by atoms with van der Waals surface area (Å²) in [6.45, 7) is 3.81. The molecule has 32 heavy (non-hydrogen) atoms. The van der Waals surface area contributed by atoms with Crippen molar-refractivity contribution in [1.29, 1.82) is 5.41 Å². The van der Waals surface area contributed by atoms with Crippen LogP contribution >= 0.6 is 0 Å². The largest absolute Gasteiger partial charge is 0.459 e. The van der Waals surface area contributed by atoms with E-state index in [0.29, 0.717) is 23.9 Å². The van der Waals surface area contributed by atoms with Gasteiger partial charge in [0.1, 0.15) is 6.61 Å². The molecule has 7 heteroatoms. The molecular formula is C25H32N4O3. The fraction of sp³-hybridized carbons (Fsp3) is 0.440. The Bertz CT molecular complexity index is 943. The molecule has 170 valence electrons. The molecule has 0 bridgehead atoms. The van der Waals surface area contributed by atoms with Crippen LogP contribution in [0.15, 0.2) is 42.5 Å². The molecule has 0 spiro atoms. The molecule has 0 radical (unpaired) electrons. The van der Waals surface area contributed by atoms with Gasteiger partial charge >= 0.3 is 5.97 Å². The van der Waals surface area contributed by atoms with Gasteiger partial charge in [-0.25, -0.2) is 4.79 Å². The van der Waals surface area contributed by atoms with Crippen molar-refractivity contribution in [2.24, 2.45) is 0 Å². The molecule has 2 fully saturated rings. The molecule has 0 amide bonds. The molecule has 2 aromatic rings. The average molecular weight is 437 g/mol. The highest BCUT2D eigenvalue weighted by molar-refractivity contribution is 5.89. The highest BCUT2D eigenvalue weighted by Crippen LogP contribution is 2.21. The number of hydrogen-bond donors (Lipinski definition) is 3. The predicted octanol–water partition coefficient (Wildman–Crippen LogP) is 3.68. The molecule has 2 unspecified atom stereocenters. The van der Waals surface area contributed by atoms with Crippen molar-refractivity contribution in [3.63, 3.8) is 0 Å². The van der Waals surface area contributed by atoms with Crippen molar-refractivity contribution in [1.82, 2.24) is 4.90 Å². The number of carbonyl (C=O) groups excluding carboxylic acids is 1. The molecule has 7 nitrogen and oxygen atoms in total. The summed E-state index contributed by atoms with van der Waals surface area (Å²) in [5, 5.41) is 11.1. The van der Waals surface area contributed by atoms with E-state index in [2.05, 4.69) is 16.3 Å². The third-order valence-electron chi connectivity index (χ3n) is 6.11. The first-order chi connectivity index (χ1) is 15.6. The van der Waals surface area contributed by atoms with E-state index in [1.54, 1.807) is 0 Å². The number of hydrogen-bond acceptors (Lipinski definition) is 7. The number of esters is 1. The minimum atomic E-state index is -0.286. The smallest absolute Gasteiger partial charge is 0.338 e. The Morgan fingerprint density at radius 1 is 1.25 bits per heavy atom. The first-order valence-corrected chi connectivity index (χ1v) is 11.4. The number of rotatable bonds is 8. The van der Waals surface area contributed by atoms with Crippen LogP contribution in [0.4, 0.5) is 11.4 Å². The lowest BCUT2D eigenvalue weighted by Crippen LogP contribution is -2.41. The number of nitrogens with one attached hydrogen (secondary N) is 2. The summed E-state index contributed by atoms with van der Waals surface area (Å²) < 4.78 is 11.0. The third kappa shape index (κ3) is 5.87. The first kappa shape index (κ1) is 22.3. The maximum absolute atomic E-state index is 12.5.